The molecule has 0 aliphatic carbocycles. The molecule has 1 fully saturated rings. The number of aliphatic hydroxyl groups is 1. The summed E-state index contributed by atoms with van der Waals surface area (Å²) in [5.74, 6) is -0.376. The minimum Gasteiger partial charge on any atom is -0.394 e. The third-order valence-electron chi connectivity index (χ3n) is 3.18. The van der Waals surface area contributed by atoms with E-state index in [4.69, 9.17) is 0 Å². The predicted octanol–water partition coefficient (Wildman–Crippen LogP) is 1.19. The second-order valence-electron chi connectivity index (χ2n) is 4.25. The number of rotatable bonds is 3. The maximum Gasteiger partial charge on any atom is 0.282 e. The van der Waals surface area contributed by atoms with Crippen LogP contribution in [-0.4, -0.2) is 40.0 Å². The highest BCUT2D eigenvalue weighted by atomic mass is 16.6. The first-order valence-corrected chi connectivity index (χ1v) is 5.80. The van der Waals surface area contributed by atoms with E-state index in [0.29, 0.717) is 6.54 Å². The van der Waals surface area contributed by atoms with E-state index in [0.717, 1.165) is 12.8 Å². The van der Waals surface area contributed by atoms with Crippen molar-refractivity contribution in [3.8, 4) is 0 Å². The predicted molar refractivity (Wildman–Crippen MR) is 64.2 cm³/mol. The van der Waals surface area contributed by atoms with E-state index < -0.39 is 4.92 Å². The molecule has 2 rings (SSSR count). The van der Waals surface area contributed by atoms with Gasteiger partial charge in [0.25, 0.3) is 11.6 Å². The molecule has 1 N–H and O–H groups in total. The third-order valence-corrected chi connectivity index (χ3v) is 3.18. The van der Waals surface area contributed by atoms with Crippen molar-refractivity contribution in [2.75, 3.05) is 13.2 Å². The molecule has 18 heavy (non-hydrogen) atoms. The number of hydrogen-bond donors (Lipinski definition) is 1. The van der Waals surface area contributed by atoms with E-state index in [1.807, 2.05) is 0 Å². The van der Waals surface area contributed by atoms with Gasteiger partial charge >= 0.3 is 0 Å². The van der Waals surface area contributed by atoms with Gasteiger partial charge in [-0.05, 0) is 18.9 Å². The normalized spacial score (nSPS) is 18.9. The number of hydrogen-bond acceptors (Lipinski definition) is 4. The van der Waals surface area contributed by atoms with Gasteiger partial charge in [0.1, 0.15) is 5.56 Å². The summed E-state index contributed by atoms with van der Waals surface area (Å²) < 4.78 is 0. The lowest BCUT2D eigenvalue weighted by Crippen LogP contribution is -2.37. The van der Waals surface area contributed by atoms with Crippen LogP contribution in [0.3, 0.4) is 0 Å². The third kappa shape index (κ3) is 2.19. The first-order valence-electron chi connectivity index (χ1n) is 5.80. The molecule has 1 aliphatic rings. The van der Waals surface area contributed by atoms with Crippen LogP contribution in [0, 0.1) is 10.1 Å². The van der Waals surface area contributed by atoms with Crippen LogP contribution in [0.15, 0.2) is 24.3 Å². The summed E-state index contributed by atoms with van der Waals surface area (Å²) in [6.07, 6.45) is 1.56. The lowest BCUT2D eigenvalue weighted by atomic mass is 10.1. The fourth-order valence-corrected chi connectivity index (χ4v) is 2.26. The Hall–Kier alpha value is -1.95. The van der Waals surface area contributed by atoms with Gasteiger partial charge in [0.2, 0.25) is 0 Å². The van der Waals surface area contributed by atoms with E-state index in [9.17, 15) is 20.0 Å². The molecule has 6 nitrogen and oxygen atoms in total. The Morgan fingerprint density at radius 1 is 1.50 bits per heavy atom. The van der Waals surface area contributed by atoms with Crippen molar-refractivity contribution < 1.29 is 14.8 Å². The minimum atomic E-state index is -0.558. The van der Waals surface area contributed by atoms with E-state index in [2.05, 4.69) is 0 Å². The fourth-order valence-electron chi connectivity index (χ4n) is 2.26. The molecular formula is C12H14N2O4. The number of nitro groups is 1. The zero-order valence-corrected chi connectivity index (χ0v) is 9.78. The van der Waals surface area contributed by atoms with Crippen LogP contribution < -0.4 is 0 Å². The van der Waals surface area contributed by atoms with E-state index >= 15 is 0 Å². The van der Waals surface area contributed by atoms with Gasteiger partial charge in [-0.2, -0.15) is 0 Å². The number of carbonyl (C=O) groups excluding carboxylic acids is 1. The van der Waals surface area contributed by atoms with Crippen LogP contribution >= 0.6 is 0 Å². The van der Waals surface area contributed by atoms with Crippen molar-refractivity contribution in [2.24, 2.45) is 0 Å². The van der Waals surface area contributed by atoms with E-state index in [1.54, 1.807) is 6.07 Å². The van der Waals surface area contributed by atoms with Gasteiger partial charge in [0.05, 0.1) is 17.6 Å². The molecule has 1 aromatic carbocycles. The van der Waals surface area contributed by atoms with E-state index in [-0.39, 0.29) is 29.8 Å². The van der Waals surface area contributed by atoms with Crippen molar-refractivity contribution in [1.82, 2.24) is 4.90 Å². The molecule has 1 aromatic rings. The highest BCUT2D eigenvalue weighted by Crippen LogP contribution is 2.24. The topological polar surface area (TPSA) is 83.7 Å². The fraction of sp³-hybridized carbons (Fsp3) is 0.417. The molecule has 1 heterocycles. The number of para-hydroxylation sites is 1. The molecule has 96 valence electrons. The lowest BCUT2D eigenvalue weighted by Gasteiger charge is -2.22. The van der Waals surface area contributed by atoms with E-state index in [1.165, 1.54) is 23.1 Å². The van der Waals surface area contributed by atoms with Gasteiger partial charge in [-0.3, -0.25) is 14.9 Å². The average molecular weight is 250 g/mol. The van der Waals surface area contributed by atoms with Crippen molar-refractivity contribution >= 4 is 11.6 Å². The minimum absolute atomic E-state index is 0.0860. The highest BCUT2D eigenvalue weighted by molar-refractivity contribution is 5.98. The number of likely N-dealkylation sites (tertiary alicyclic amines) is 1. The summed E-state index contributed by atoms with van der Waals surface area (Å²) in [5.41, 5.74) is -0.103. The number of carbonyl (C=O) groups is 1. The molecular weight excluding hydrogens is 236 g/mol. The van der Waals surface area contributed by atoms with Crippen molar-refractivity contribution in [3.05, 3.63) is 39.9 Å². The van der Waals surface area contributed by atoms with Gasteiger partial charge in [-0.15, -0.1) is 0 Å². The second kappa shape index (κ2) is 5.14. The largest absolute Gasteiger partial charge is 0.394 e. The van der Waals surface area contributed by atoms with Crippen LogP contribution in [0.2, 0.25) is 0 Å². The SMILES string of the molecule is O=C(c1ccccc1[N+](=O)[O-])N1CCC[C@H]1CO. The lowest BCUT2D eigenvalue weighted by molar-refractivity contribution is -0.385. The summed E-state index contributed by atoms with van der Waals surface area (Å²) in [6, 6.07) is 5.68. The molecule has 0 radical (unpaired) electrons. The molecule has 0 spiro atoms. The quantitative estimate of drug-likeness (QED) is 0.645. The summed E-state index contributed by atoms with van der Waals surface area (Å²) in [5, 5.41) is 20.1. The van der Waals surface area contributed by atoms with Crippen molar-refractivity contribution in [3.63, 3.8) is 0 Å². The van der Waals surface area contributed by atoms with Gasteiger partial charge in [0.15, 0.2) is 0 Å². The molecule has 6 heteroatoms. The van der Waals surface area contributed by atoms with Crippen LogP contribution in [0.1, 0.15) is 23.2 Å². The molecule has 1 amide bonds. The van der Waals surface area contributed by atoms with Crippen LogP contribution in [0.25, 0.3) is 0 Å². The van der Waals surface area contributed by atoms with Crippen LogP contribution in [-0.2, 0) is 0 Å². The Labute approximate surface area is 104 Å². The van der Waals surface area contributed by atoms with Crippen molar-refractivity contribution in [1.29, 1.82) is 0 Å². The number of nitrogens with zero attached hydrogens (tertiary/aromatic N) is 2. The Morgan fingerprint density at radius 3 is 2.89 bits per heavy atom. The van der Waals surface area contributed by atoms with Gasteiger partial charge in [-0.25, -0.2) is 0 Å². The molecule has 1 aliphatic heterocycles. The smallest absolute Gasteiger partial charge is 0.282 e. The van der Waals surface area contributed by atoms with Crippen LogP contribution in [0.5, 0.6) is 0 Å². The zero-order chi connectivity index (χ0) is 13.1. The molecule has 0 saturated carbocycles. The van der Waals surface area contributed by atoms with Crippen LogP contribution in [0.4, 0.5) is 5.69 Å². The maximum absolute atomic E-state index is 12.3. The Balaban J connectivity index is 2.31. The summed E-state index contributed by atoms with van der Waals surface area (Å²) >= 11 is 0. The second-order valence-corrected chi connectivity index (χ2v) is 4.25. The van der Waals surface area contributed by atoms with Gasteiger partial charge in [0, 0.05) is 12.6 Å². The summed E-state index contributed by atoms with van der Waals surface area (Å²) in [4.78, 5) is 24.1. The standard InChI is InChI=1S/C12H14N2O4/c15-8-9-4-3-7-13(9)12(16)10-5-1-2-6-11(10)14(17)18/h1-2,5-6,9,15H,3-4,7-8H2/t9-/m0/s1. The average Bonchev–Trinajstić information content (AvgIpc) is 2.86. The Kier molecular flexibility index (Phi) is 3.57. The molecule has 0 bridgehead atoms. The number of benzene rings is 1. The maximum atomic E-state index is 12.3. The number of amides is 1. The van der Waals surface area contributed by atoms with Gasteiger partial charge < -0.3 is 10.0 Å². The van der Waals surface area contributed by atoms with Crippen molar-refractivity contribution in [2.45, 2.75) is 18.9 Å². The summed E-state index contributed by atoms with van der Waals surface area (Å²) in [6.45, 7) is 0.433. The molecule has 1 saturated heterocycles. The summed E-state index contributed by atoms with van der Waals surface area (Å²) in [7, 11) is 0. The van der Waals surface area contributed by atoms with Gasteiger partial charge in [-0.1, -0.05) is 12.1 Å². The monoisotopic (exact) mass is 250 g/mol. The Morgan fingerprint density at radius 2 is 2.22 bits per heavy atom. The molecule has 0 unspecified atom stereocenters. The number of aliphatic hydroxyl groups excluding tert-OH is 1. The first kappa shape index (κ1) is 12.5. The first-order chi connectivity index (χ1) is 8.65. The number of nitro benzene ring substituents is 1. The molecule has 0 aromatic heterocycles. The zero-order valence-electron chi connectivity index (χ0n) is 9.78. The highest BCUT2D eigenvalue weighted by Gasteiger charge is 2.31. The Bertz CT molecular complexity index is 475. The molecule has 1 atom stereocenters.